The minimum Gasteiger partial charge on any atom is -0.381 e. The van der Waals surface area contributed by atoms with Crippen LogP contribution in [0.2, 0.25) is 0 Å². The highest BCUT2D eigenvalue weighted by molar-refractivity contribution is 9.10. The summed E-state index contributed by atoms with van der Waals surface area (Å²) in [6.07, 6.45) is 2.56. The molecule has 0 aliphatic carbocycles. The molecule has 2 aliphatic heterocycles. The van der Waals surface area contributed by atoms with Crippen LogP contribution in [0, 0.1) is 0 Å². The van der Waals surface area contributed by atoms with Gasteiger partial charge in [0.1, 0.15) is 0 Å². The molecule has 3 rings (SSSR count). The van der Waals surface area contributed by atoms with Gasteiger partial charge in [-0.25, -0.2) is 0 Å². The summed E-state index contributed by atoms with van der Waals surface area (Å²) in [5, 5.41) is 3.61. The lowest BCUT2D eigenvalue weighted by Gasteiger charge is -2.32. The van der Waals surface area contributed by atoms with Crippen molar-refractivity contribution in [2.45, 2.75) is 37.8 Å². The van der Waals surface area contributed by atoms with Crippen molar-refractivity contribution in [3.63, 3.8) is 0 Å². The molecule has 2 fully saturated rings. The fourth-order valence-electron chi connectivity index (χ4n) is 3.11. The second-order valence-electron chi connectivity index (χ2n) is 5.76. The third-order valence-electron chi connectivity index (χ3n) is 4.28. The third kappa shape index (κ3) is 3.25. The Morgan fingerprint density at radius 1 is 1.20 bits per heavy atom. The number of rotatable bonds is 2. The van der Waals surface area contributed by atoms with E-state index in [2.05, 4.69) is 46.4 Å². The first-order valence-electron chi connectivity index (χ1n) is 7.46. The van der Waals surface area contributed by atoms with Gasteiger partial charge in [0, 0.05) is 24.2 Å². The van der Waals surface area contributed by atoms with E-state index in [-0.39, 0.29) is 0 Å². The molecule has 110 valence electrons. The highest BCUT2D eigenvalue weighted by atomic mass is 79.9. The predicted octanol–water partition coefficient (Wildman–Crippen LogP) is 3.39. The van der Waals surface area contributed by atoms with Crippen molar-refractivity contribution in [1.29, 1.82) is 0 Å². The molecule has 1 aromatic rings. The molecule has 4 heteroatoms. The number of nitrogens with one attached hydrogen (secondary N) is 1. The topological polar surface area (TPSA) is 30.5 Å². The van der Waals surface area contributed by atoms with Crippen LogP contribution < -0.4 is 5.32 Å². The minimum absolute atomic E-state index is 0.307. The van der Waals surface area contributed by atoms with Gasteiger partial charge in [0.25, 0.3) is 0 Å². The molecule has 0 radical (unpaired) electrons. The molecular weight excluding hydrogens is 318 g/mol. The van der Waals surface area contributed by atoms with E-state index in [9.17, 15) is 0 Å². The molecule has 2 aliphatic rings. The van der Waals surface area contributed by atoms with Crippen LogP contribution >= 0.6 is 15.9 Å². The van der Waals surface area contributed by atoms with E-state index in [0.717, 1.165) is 43.7 Å². The maximum atomic E-state index is 5.82. The summed E-state index contributed by atoms with van der Waals surface area (Å²) in [5.74, 6) is 0.619. The number of hydrogen-bond acceptors (Lipinski definition) is 3. The van der Waals surface area contributed by atoms with Gasteiger partial charge in [0.05, 0.1) is 18.8 Å². The van der Waals surface area contributed by atoms with Gasteiger partial charge < -0.3 is 14.8 Å². The summed E-state index contributed by atoms with van der Waals surface area (Å²) in [4.78, 5) is 0. The summed E-state index contributed by atoms with van der Waals surface area (Å²) in [5.41, 5.74) is 2.85. The minimum atomic E-state index is 0.307. The van der Waals surface area contributed by atoms with Gasteiger partial charge >= 0.3 is 0 Å². The number of morpholine rings is 1. The SMILES string of the molecule is C[C@@H]1CN[C@@H](c2cc(Br)ccc2C2CCOCC2)CO1. The summed E-state index contributed by atoms with van der Waals surface area (Å²) >= 11 is 3.61. The third-order valence-corrected chi connectivity index (χ3v) is 4.78. The first-order chi connectivity index (χ1) is 9.74. The molecule has 1 aromatic carbocycles. The van der Waals surface area contributed by atoms with Crippen molar-refractivity contribution >= 4 is 15.9 Å². The molecule has 1 N–H and O–H groups in total. The van der Waals surface area contributed by atoms with Crippen LogP contribution in [0.1, 0.15) is 42.9 Å². The lowest BCUT2D eigenvalue weighted by Crippen LogP contribution is -2.40. The first kappa shape index (κ1) is 14.5. The van der Waals surface area contributed by atoms with Crippen molar-refractivity contribution in [2.24, 2.45) is 0 Å². The van der Waals surface area contributed by atoms with E-state index in [0.29, 0.717) is 18.1 Å². The molecule has 0 amide bonds. The van der Waals surface area contributed by atoms with Crippen LogP contribution in [0.25, 0.3) is 0 Å². The van der Waals surface area contributed by atoms with Gasteiger partial charge in [-0.3, -0.25) is 0 Å². The maximum absolute atomic E-state index is 5.82. The Hall–Kier alpha value is -0.420. The molecule has 2 heterocycles. The Labute approximate surface area is 129 Å². The molecule has 0 bridgehead atoms. The van der Waals surface area contributed by atoms with E-state index in [1.54, 1.807) is 0 Å². The lowest BCUT2D eigenvalue weighted by atomic mass is 9.86. The van der Waals surface area contributed by atoms with Crippen LogP contribution in [0.15, 0.2) is 22.7 Å². The van der Waals surface area contributed by atoms with Crippen LogP contribution in [0.5, 0.6) is 0 Å². The maximum Gasteiger partial charge on any atom is 0.0672 e. The highest BCUT2D eigenvalue weighted by Crippen LogP contribution is 2.34. The Kier molecular flexibility index (Phi) is 4.76. The summed E-state index contributed by atoms with van der Waals surface area (Å²) in [6, 6.07) is 6.99. The van der Waals surface area contributed by atoms with Crippen molar-refractivity contribution in [3.05, 3.63) is 33.8 Å². The van der Waals surface area contributed by atoms with E-state index in [1.807, 2.05) is 0 Å². The normalized spacial score (nSPS) is 28.5. The second kappa shape index (κ2) is 6.56. The quantitative estimate of drug-likeness (QED) is 0.895. The lowest BCUT2D eigenvalue weighted by molar-refractivity contribution is 0.0144. The van der Waals surface area contributed by atoms with Gasteiger partial charge in [-0.2, -0.15) is 0 Å². The second-order valence-corrected chi connectivity index (χ2v) is 6.68. The number of halogens is 1. The molecule has 0 saturated carbocycles. The smallest absolute Gasteiger partial charge is 0.0672 e. The fraction of sp³-hybridized carbons (Fsp3) is 0.625. The molecule has 20 heavy (non-hydrogen) atoms. The van der Waals surface area contributed by atoms with Crippen molar-refractivity contribution in [1.82, 2.24) is 5.32 Å². The van der Waals surface area contributed by atoms with Crippen LogP contribution in [0.3, 0.4) is 0 Å². The standard InChI is InChI=1S/C16H22BrNO2/c1-11-9-18-16(10-20-11)15-8-13(17)2-3-14(15)12-4-6-19-7-5-12/h2-3,8,11-12,16,18H,4-7,9-10H2,1H3/t11-,16-/m1/s1. The largest absolute Gasteiger partial charge is 0.381 e. The van der Waals surface area contributed by atoms with Crippen molar-refractivity contribution in [2.75, 3.05) is 26.4 Å². The Balaban J connectivity index is 1.85. The molecule has 2 atom stereocenters. The van der Waals surface area contributed by atoms with E-state index in [4.69, 9.17) is 9.47 Å². The molecular formula is C16H22BrNO2. The Morgan fingerprint density at radius 2 is 2.00 bits per heavy atom. The molecule has 3 nitrogen and oxygen atoms in total. The number of hydrogen-bond donors (Lipinski definition) is 1. The summed E-state index contributed by atoms with van der Waals surface area (Å²) in [7, 11) is 0. The average molecular weight is 340 g/mol. The first-order valence-corrected chi connectivity index (χ1v) is 8.25. The fourth-order valence-corrected chi connectivity index (χ4v) is 3.49. The van der Waals surface area contributed by atoms with E-state index >= 15 is 0 Å². The van der Waals surface area contributed by atoms with Crippen molar-refractivity contribution in [3.8, 4) is 0 Å². The highest BCUT2D eigenvalue weighted by Gasteiger charge is 2.25. The summed E-state index contributed by atoms with van der Waals surface area (Å²) in [6.45, 7) is 5.55. The van der Waals surface area contributed by atoms with Gasteiger partial charge in [-0.1, -0.05) is 22.0 Å². The molecule has 0 aromatic heterocycles. The van der Waals surface area contributed by atoms with Gasteiger partial charge in [-0.05, 0) is 48.9 Å². The van der Waals surface area contributed by atoms with Crippen LogP contribution in [-0.4, -0.2) is 32.5 Å². The summed E-state index contributed by atoms with van der Waals surface area (Å²) < 4.78 is 12.5. The van der Waals surface area contributed by atoms with E-state index in [1.165, 1.54) is 11.1 Å². The van der Waals surface area contributed by atoms with Crippen LogP contribution in [-0.2, 0) is 9.47 Å². The zero-order chi connectivity index (χ0) is 13.9. The zero-order valence-electron chi connectivity index (χ0n) is 11.9. The zero-order valence-corrected chi connectivity index (χ0v) is 13.5. The van der Waals surface area contributed by atoms with Gasteiger partial charge in [0.15, 0.2) is 0 Å². The Bertz CT molecular complexity index is 452. The Morgan fingerprint density at radius 3 is 2.70 bits per heavy atom. The monoisotopic (exact) mass is 339 g/mol. The number of ether oxygens (including phenoxy) is 2. The van der Waals surface area contributed by atoms with Crippen LogP contribution in [0.4, 0.5) is 0 Å². The van der Waals surface area contributed by atoms with Crippen molar-refractivity contribution < 1.29 is 9.47 Å². The number of benzene rings is 1. The molecule has 2 saturated heterocycles. The average Bonchev–Trinajstić information content (AvgIpc) is 2.49. The molecule has 0 unspecified atom stereocenters. The predicted molar refractivity (Wildman–Crippen MR) is 83.1 cm³/mol. The molecule has 0 spiro atoms. The van der Waals surface area contributed by atoms with E-state index < -0.39 is 0 Å². The van der Waals surface area contributed by atoms with Gasteiger partial charge in [0.2, 0.25) is 0 Å². The van der Waals surface area contributed by atoms with Gasteiger partial charge in [-0.15, -0.1) is 0 Å².